The van der Waals surface area contributed by atoms with Gasteiger partial charge >= 0.3 is 0 Å². The van der Waals surface area contributed by atoms with Gasteiger partial charge in [0.2, 0.25) is 0 Å². The molecule has 2 nitrogen and oxygen atoms in total. The van der Waals surface area contributed by atoms with Crippen molar-refractivity contribution in [2.24, 2.45) is 17.1 Å². The molecule has 0 aliphatic heterocycles. The highest BCUT2D eigenvalue weighted by molar-refractivity contribution is 4.85. The van der Waals surface area contributed by atoms with Crippen LogP contribution in [0.1, 0.15) is 58.8 Å². The fourth-order valence-corrected chi connectivity index (χ4v) is 2.57. The molecule has 1 fully saturated rings. The molecule has 0 bridgehead atoms. The first kappa shape index (κ1) is 14.0. The van der Waals surface area contributed by atoms with Crippen LogP contribution in [0.4, 0.5) is 0 Å². The highest BCUT2D eigenvalue weighted by Gasteiger charge is 2.32. The van der Waals surface area contributed by atoms with Crippen LogP contribution < -0.4 is 5.73 Å². The normalized spacial score (nSPS) is 30.6. The molecule has 0 aromatic heterocycles. The van der Waals surface area contributed by atoms with Gasteiger partial charge in [0.25, 0.3) is 0 Å². The van der Waals surface area contributed by atoms with Crippen molar-refractivity contribution >= 4 is 0 Å². The summed E-state index contributed by atoms with van der Waals surface area (Å²) in [7, 11) is 0. The smallest absolute Gasteiger partial charge is 0.0471 e. The minimum absolute atomic E-state index is 0.402. The molecular weight excluding hydrogens is 198 g/mol. The molecular formula is C14H29NO. The number of ether oxygens (including phenoxy) is 1. The van der Waals surface area contributed by atoms with Gasteiger partial charge in [-0.1, -0.05) is 33.1 Å². The third kappa shape index (κ3) is 4.42. The third-order valence-electron chi connectivity index (χ3n) is 4.19. The Balaban J connectivity index is 2.20. The first-order valence-corrected chi connectivity index (χ1v) is 7.00. The zero-order valence-electron chi connectivity index (χ0n) is 11.1. The van der Waals surface area contributed by atoms with Crippen LogP contribution in [-0.4, -0.2) is 19.8 Å². The summed E-state index contributed by atoms with van der Waals surface area (Å²) >= 11 is 0. The maximum Gasteiger partial charge on any atom is 0.0471 e. The Morgan fingerprint density at radius 3 is 2.50 bits per heavy atom. The van der Waals surface area contributed by atoms with Crippen LogP contribution in [0, 0.1) is 11.3 Å². The van der Waals surface area contributed by atoms with Gasteiger partial charge in [-0.3, -0.25) is 0 Å². The third-order valence-corrected chi connectivity index (χ3v) is 4.19. The molecule has 0 atom stereocenters. The Labute approximate surface area is 101 Å². The summed E-state index contributed by atoms with van der Waals surface area (Å²) in [6.07, 6.45) is 8.90. The molecule has 0 heterocycles. The van der Waals surface area contributed by atoms with Crippen molar-refractivity contribution in [3.05, 3.63) is 0 Å². The van der Waals surface area contributed by atoms with Gasteiger partial charge in [-0.05, 0) is 43.6 Å². The van der Waals surface area contributed by atoms with Gasteiger partial charge < -0.3 is 10.5 Å². The maximum absolute atomic E-state index is 5.97. The summed E-state index contributed by atoms with van der Waals surface area (Å²) in [5.41, 5.74) is 6.37. The highest BCUT2D eigenvalue weighted by Crippen LogP contribution is 2.40. The molecule has 0 amide bonds. The first-order valence-electron chi connectivity index (χ1n) is 7.00. The van der Waals surface area contributed by atoms with E-state index in [2.05, 4.69) is 13.8 Å². The number of hydrogen-bond acceptors (Lipinski definition) is 2. The summed E-state index contributed by atoms with van der Waals surface area (Å²) in [5.74, 6) is 0.903. The largest absolute Gasteiger partial charge is 0.381 e. The summed E-state index contributed by atoms with van der Waals surface area (Å²) in [5, 5.41) is 0. The van der Waals surface area contributed by atoms with Gasteiger partial charge in [-0.15, -0.1) is 0 Å². The van der Waals surface area contributed by atoms with Crippen LogP contribution in [0.2, 0.25) is 0 Å². The summed E-state index contributed by atoms with van der Waals surface area (Å²) in [4.78, 5) is 0. The molecule has 1 aliphatic rings. The van der Waals surface area contributed by atoms with Crippen molar-refractivity contribution in [3.63, 3.8) is 0 Å². The average Bonchev–Trinajstić information content (AvgIpc) is 2.32. The van der Waals surface area contributed by atoms with Crippen molar-refractivity contribution in [1.82, 2.24) is 0 Å². The molecule has 96 valence electrons. The van der Waals surface area contributed by atoms with E-state index in [9.17, 15) is 0 Å². The molecule has 1 aliphatic carbocycles. The monoisotopic (exact) mass is 227 g/mol. The second-order valence-corrected chi connectivity index (χ2v) is 5.60. The van der Waals surface area contributed by atoms with Gasteiger partial charge in [-0.2, -0.15) is 0 Å². The molecule has 0 radical (unpaired) electrons. The van der Waals surface area contributed by atoms with E-state index in [1.807, 2.05) is 0 Å². The van der Waals surface area contributed by atoms with E-state index in [0.29, 0.717) is 5.41 Å². The zero-order chi connectivity index (χ0) is 11.9. The second-order valence-electron chi connectivity index (χ2n) is 5.60. The van der Waals surface area contributed by atoms with E-state index in [1.54, 1.807) is 0 Å². The van der Waals surface area contributed by atoms with Crippen LogP contribution in [-0.2, 0) is 4.74 Å². The molecule has 2 N–H and O–H groups in total. The zero-order valence-corrected chi connectivity index (χ0v) is 11.1. The van der Waals surface area contributed by atoms with Crippen LogP contribution in [0.25, 0.3) is 0 Å². The summed E-state index contributed by atoms with van der Waals surface area (Å²) in [6.45, 7) is 7.24. The lowest BCUT2D eigenvalue weighted by Gasteiger charge is -2.38. The second kappa shape index (κ2) is 7.29. The van der Waals surface area contributed by atoms with Crippen LogP contribution >= 0.6 is 0 Å². The van der Waals surface area contributed by atoms with Crippen molar-refractivity contribution < 1.29 is 4.74 Å². The molecule has 0 aromatic rings. The van der Waals surface area contributed by atoms with Crippen molar-refractivity contribution in [2.75, 3.05) is 19.8 Å². The van der Waals surface area contributed by atoms with Gasteiger partial charge in [0, 0.05) is 13.2 Å². The van der Waals surface area contributed by atoms with E-state index in [1.165, 1.54) is 44.9 Å². The molecule has 2 heteroatoms. The molecule has 0 saturated heterocycles. The predicted molar refractivity (Wildman–Crippen MR) is 69.5 cm³/mol. The molecule has 0 unspecified atom stereocenters. The van der Waals surface area contributed by atoms with Crippen molar-refractivity contribution in [3.8, 4) is 0 Å². The Kier molecular flexibility index (Phi) is 6.37. The number of rotatable bonds is 7. The Bertz CT molecular complexity index is 174. The van der Waals surface area contributed by atoms with Gasteiger partial charge in [0.15, 0.2) is 0 Å². The van der Waals surface area contributed by atoms with Crippen molar-refractivity contribution in [2.45, 2.75) is 58.8 Å². The van der Waals surface area contributed by atoms with Crippen LogP contribution in [0.3, 0.4) is 0 Å². The SMILES string of the molecule is CCCCOCCC1(CN)CCC(C)CC1. The predicted octanol–water partition coefficient (Wildman–Crippen LogP) is 3.35. The average molecular weight is 227 g/mol. The number of nitrogens with two attached hydrogens (primary N) is 1. The van der Waals surface area contributed by atoms with E-state index >= 15 is 0 Å². The Morgan fingerprint density at radius 1 is 1.25 bits per heavy atom. The quantitative estimate of drug-likeness (QED) is 0.677. The molecule has 1 rings (SSSR count). The van der Waals surface area contributed by atoms with Crippen LogP contribution in [0.15, 0.2) is 0 Å². The highest BCUT2D eigenvalue weighted by atomic mass is 16.5. The standard InChI is InChI=1S/C14H29NO/c1-3-4-10-16-11-9-14(12-15)7-5-13(2)6-8-14/h13H,3-12,15H2,1-2H3. The van der Waals surface area contributed by atoms with E-state index in [0.717, 1.165) is 25.7 Å². The minimum atomic E-state index is 0.402. The minimum Gasteiger partial charge on any atom is -0.381 e. The van der Waals surface area contributed by atoms with E-state index in [4.69, 9.17) is 10.5 Å². The van der Waals surface area contributed by atoms with Crippen molar-refractivity contribution in [1.29, 1.82) is 0 Å². The van der Waals surface area contributed by atoms with Gasteiger partial charge in [0.1, 0.15) is 0 Å². The van der Waals surface area contributed by atoms with Gasteiger partial charge in [-0.25, -0.2) is 0 Å². The summed E-state index contributed by atoms with van der Waals surface area (Å²) in [6, 6.07) is 0. The summed E-state index contributed by atoms with van der Waals surface area (Å²) < 4.78 is 5.67. The molecule has 16 heavy (non-hydrogen) atoms. The van der Waals surface area contributed by atoms with E-state index < -0.39 is 0 Å². The van der Waals surface area contributed by atoms with E-state index in [-0.39, 0.29) is 0 Å². The molecule has 1 saturated carbocycles. The first-order chi connectivity index (χ1) is 7.72. The van der Waals surface area contributed by atoms with Crippen LogP contribution in [0.5, 0.6) is 0 Å². The Hall–Kier alpha value is -0.0800. The number of unbranched alkanes of at least 4 members (excludes halogenated alkanes) is 1. The topological polar surface area (TPSA) is 35.2 Å². The fraction of sp³-hybridized carbons (Fsp3) is 1.00. The number of hydrogen-bond donors (Lipinski definition) is 1. The maximum atomic E-state index is 5.97. The Morgan fingerprint density at radius 2 is 1.94 bits per heavy atom. The lowest BCUT2D eigenvalue weighted by molar-refractivity contribution is 0.0681. The molecule has 0 aromatic carbocycles. The van der Waals surface area contributed by atoms with Gasteiger partial charge in [0.05, 0.1) is 0 Å². The molecule has 0 spiro atoms. The fourth-order valence-electron chi connectivity index (χ4n) is 2.57. The lowest BCUT2D eigenvalue weighted by atomic mass is 9.69. The lowest BCUT2D eigenvalue weighted by Crippen LogP contribution is -2.35.